The fourth-order valence-electron chi connectivity index (χ4n) is 2.74. The molecule has 1 saturated heterocycles. The number of amides is 1. The first kappa shape index (κ1) is 16.1. The van der Waals surface area contributed by atoms with Gasteiger partial charge < -0.3 is 14.4 Å². The smallest absolute Gasteiger partial charge is 0.315 e. The van der Waals surface area contributed by atoms with Crippen LogP contribution in [0.3, 0.4) is 0 Å². The normalized spacial score (nSPS) is 13.9. The van der Waals surface area contributed by atoms with Crippen LogP contribution in [0.25, 0.3) is 0 Å². The molecule has 5 heteroatoms. The van der Waals surface area contributed by atoms with E-state index in [1.54, 1.807) is 23.1 Å². The van der Waals surface area contributed by atoms with Crippen LogP contribution >= 0.6 is 0 Å². The van der Waals surface area contributed by atoms with Crippen molar-refractivity contribution in [2.24, 2.45) is 0 Å². The number of hydrogen-bond acceptors (Lipinski definition) is 4. The summed E-state index contributed by atoms with van der Waals surface area (Å²) in [6.07, 6.45) is 1.66. The van der Waals surface area contributed by atoms with Gasteiger partial charge in [-0.25, -0.2) is 0 Å². The molecule has 1 amide bonds. The Bertz CT molecular complexity index is 739. The maximum atomic E-state index is 12.1. The highest BCUT2D eigenvalue weighted by atomic mass is 16.6. The molecular formula is C19H19NO4. The van der Waals surface area contributed by atoms with Crippen LogP contribution in [0, 0.1) is 0 Å². The van der Waals surface area contributed by atoms with Crippen molar-refractivity contribution in [2.45, 2.75) is 19.3 Å². The summed E-state index contributed by atoms with van der Waals surface area (Å²) < 4.78 is 10.5. The second-order valence-electron chi connectivity index (χ2n) is 5.62. The van der Waals surface area contributed by atoms with Gasteiger partial charge in [0.25, 0.3) is 0 Å². The monoisotopic (exact) mass is 325 g/mol. The van der Waals surface area contributed by atoms with Crippen molar-refractivity contribution in [1.82, 2.24) is 0 Å². The van der Waals surface area contributed by atoms with Crippen molar-refractivity contribution < 1.29 is 19.1 Å². The summed E-state index contributed by atoms with van der Waals surface area (Å²) >= 11 is 0. The maximum absolute atomic E-state index is 12.1. The topological polar surface area (TPSA) is 55.8 Å². The van der Waals surface area contributed by atoms with Gasteiger partial charge in [-0.05, 0) is 36.2 Å². The molecule has 0 spiro atoms. The van der Waals surface area contributed by atoms with Crippen LogP contribution < -0.4 is 14.4 Å². The lowest BCUT2D eigenvalue weighted by Crippen LogP contribution is -2.23. The number of nitrogens with zero attached hydrogens (tertiary/aromatic N) is 1. The van der Waals surface area contributed by atoms with Gasteiger partial charge in [0.05, 0.1) is 13.5 Å². The Morgan fingerprint density at radius 1 is 1.08 bits per heavy atom. The zero-order valence-electron chi connectivity index (χ0n) is 13.5. The predicted octanol–water partition coefficient (Wildman–Crippen LogP) is 2.97. The van der Waals surface area contributed by atoms with Crippen LogP contribution in [0.2, 0.25) is 0 Å². The van der Waals surface area contributed by atoms with Gasteiger partial charge in [0, 0.05) is 18.7 Å². The number of anilines is 1. The second-order valence-corrected chi connectivity index (χ2v) is 5.62. The lowest BCUT2D eigenvalue weighted by molar-refractivity contribution is -0.133. The van der Waals surface area contributed by atoms with E-state index in [0.717, 1.165) is 24.2 Å². The minimum Gasteiger partial charge on any atom is -0.493 e. The number of ether oxygens (including phenoxy) is 2. The Labute approximate surface area is 140 Å². The molecule has 0 saturated carbocycles. The van der Waals surface area contributed by atoms with E-state index in [2.05, 4.69) is 0 Å². The molecular weight excluding hydrogens is 306 g/mol. The van der Waals surface area contributed by atoms with E-state index in [4.69, 9.17) is 9.47 Å². The first-order chi connectivity index (χ1) is 11.7. The molecule has 0 atom stereocenters. The molecule has 0 N–H and O–H groups in total. The van der Waals surface area contributed by atoms with Crippen LogP contribution in [0.4, 0.5) is 5.69 Å². The van der Waals surface area contributed by atoms with Crippen LogP contribution in [0.1, 0.15) is 18.4 Å². The number of benzene rings is 2. The number of methoxy groups -OCH3 is 1. The maximum Gasteiger partial charge on any atom is 0.315 e. The van der Waals surface area contributed by atoms with Crippen LogP contribution in [0.5, 0.6) is 11.5 Å². The molecule has 3 rings (SSSR count). The lowest BCUT2D eigenvalue weighted by Gasteiger charge is -2.15. The Morgan fingerprint density at radius 3 is 2.42 bits per heavy atom. The molecule has 124 valence electrons. The molecule has 2 aromatic carbocycles. The molecule has 2 aromatic rings. The molecule has 1 heterocycles. The van der Waals surface area contributed by atoms with Crippen molar-refractivity contribution in [3.63, 3.8) is 0 Å². The fourth-order valence-corrected chi connectivity index (χ4v) is 2.74. The molecule has 24 heavy (non-hydrogen) atoms. The summed E-state index contributed by atoms with van der Waals surface area (Å²) in [5.74, 6) is 0.723. The average molecular weight is 325 g/mol. The molecule has 0 bridgehead atoms. The highest BCUT2D eigenvalue weighted by molar-refractivity contribution is 5.95. The third kappa shape index (κ3) is 3.56. The van der Waals surface area contributed by atoms with E-state index >= 15 is 0 Å². The molecule has 1 aliphatic rings. The van der Waals surface area contributed by atoms with Gasteiger partial charge in [0.1, 0.15) is 0 Å². The van der Waals surface area contributed by atoms with Crippen molar-refractivity contribution in [2.75, 3.05) is 18.6 Å². The third-order valence-electron chi connectivity index (χ3n) is 3.96. The largest absolute Gasteiger partial charge is 0.493 e. The van der Waals surface area contributed by atoms with E-state index in [9.17, 15) is 9.59 Å². The van der Waals surface area contributed by atoms with Crippen molar-refractivity contribution in [1.29, 1.82) is 0 Å². The van der Waals surface area contributed by atoms with Crippen LogP contribution in [-0.2, 0) is 16.0 Å². The fraction of sp³-hybridized carbons (Fsp3) is 0.263. The molecule has 0 radical (unpaired) electrons. The summed E-state index contributed by atoms with van der Waals surface area (Å²) in [5, 5.41) is 0. The Balaban J connectivity index is 1.63. The number of carbonyl (C=O) groups excluding carboxylic acids is 2. The van der Waals surface area contributed by atoms with Gasteiger partial charge in [0.15, 0.2) is 11.5 Å². The Morgan fingerprint density at radius 2 is 1.79 bits per heavy atom. The molecule has 5 nitrogen and oxygen atoms in total. The van der Waals surface area contributed by atoms with E-state index in [1.807, 2.05) is 30.3 Å². The Kier molecular flexibility index (Phi) is 4.79. The minimum absolute atomic E-state index is 0.151. The standard InChI is InChI=1S/C19H19NO4/c1-23-16-5-2-3-6-17(16)24-19(22)13-14-8-10-15(11-9-14)20-12-4-7-18(20)21/h2-3,5-6,8-11H,4,7,12-13H2,1H3. The molecule has 0 aliphatic carbocycles. The van der Waals surface area contributed by atoms with E-state index in [-0.39, 0.29) is 18.3 Å². The van der Waals surface area contributed by atoms with Crippen molar-refractivity contribution in [3.8, 4) is 11.5 Å². The van der Waals surface area contributed by atoms with Crippen LogP contribution in [0.15, 0.2) is 48.5 Å². The minimum atomic E-state index is -0.357. The van der Waals surface area contributed by atoms with Gasteiger partial charge in [-0.15, -0.1) is 0 Å². The molecule has 0 aromatic heterocycles. The van der Waals surface area contributed by atoms with E-state index in [1.165, 1.54) is 7.11 Å². The number of hydrogen-bond donors (Lipinski definition) is 0. The summed E-state index contributed by atoms with van der Waals surface area (Å²) in [6, 6.07) is 14.5. The zero-order valence-corrected chi connectivity index (χ0v) is 13.5. The summed E-state index contributed by atoms with van der Waals surface area (Å²) in [5.41, 5.74) is 1.71. The second kappa shape index (κ2) is 7.17. The molecule has 0 unspecified atom stereocenters. The van der Waals surface area contributed by atoms with Crippen molar-refractivity contribution >= 4 is 17.6 Å². The number of esters is 1. The van der Waals surface area contributed by atoms with E-state index < -0.39 is 0 Å². The summed E-state index contributed by atoms with van der Waals surface area (Å²) in [4.78, 5) is 25.6. The van der Waals surface area contributed by atoms with Gasteiger partial charge in [0.2, 0.25) is 5.91 Å². The zero-order chi connectivity index (χ0) is 16.9. The summed E-state index contributed by atoms with van der Waals surface area (Å²) in [6.45, 7) is 0.758. The highest BCUT2D eigenvalue weighted by Crippen LogP contribution is 2.26. The molecule has 1 fully saturated rings. The summed E-state index contributed by atoms with van der Waals surface area (Å²) in [7, 11) is 1.53. The first-order valence-electron chi connectivity index (χ1n) is 7.90. The van der Waals surface area contributed by atoms with Gasteiger partial charge in [-0.1, -0.05) is 24.3 Å². The highest BCUT2D eigenvalue weighted by Gasteiger charge is 2.21. The van der Waals surface area contributed by atoms with Crippen LogP contribution in [-0.4, -0.2) is 25.5 Å². The number of para-hydroxylation sites is 2. The van der Waals surface area contributed by atoms with Gasteiger partial charge in [-0.3, -0.25) is 9.59 Å². The van der Waals surface area contributed by atoms with Gasteiger partial charge in [-0.2, -0.15) is 0 Å². The lowest BCUT2D eigenvalue weighted by atomic mass is 10.1. The number of carbonyl (C=O) groups is 2. The molecule has 1 aliphatic heterocycles. The quantitative estimate of drug-likeness (QED) is 0.626. The third-order valence-corrected chi connectivity index (χ3v) is 3.96. The van der Waals surface area contributed by atoms with Crippen molar-refractivity contribution in [3.05, 3.63) is 54.1 Å². The Hall–Kier alpha value is -2.82. The van der Waals surface area contributed by atoms with E-state index in [0.29, 0.717) is 17.9 Å². The first-order valence-corrected chi connectivity index (χ1v) is 7.90. The average Bonchev–Trinajstić information content (AvgIpc) is 3.02. The number of rotatable bonds is 5. The SMILES string of the molecule is COc1ccccc1OC(=O)Cc1ccc(N2CCCC2=O)cc1. The predicted molar refractivity (Wildman–Crippen MR) is 90.4 cm³/mol. The van der Waals surface area contributed by atoms with Gasteiger partial charge >= 0.3 is 5.97 Å².